The molecule has 0 saturated carbocycles. The Balaban J connectivity index is 0.00000220. The number of likely N-dealkylation sites (N-methyl/N-ethyl adjacent to an activating group) is 1. The molecule has 3 nitrogen and oxygen atoms in total. The van der Waals surface area contributed by atoms with Crippen molar-refractivity contribution in [3.8, 4) is 5.75 Å². The van der Waals surface area contributed by atoms with Crippen molar-refractivity contribution in [2.45, 2.75) is 6.10 Å². The number of halogens is 1. The molecular formula is C17H20ClNO2. The van der Waals surface area contributed by atoms with Crippen LogP contribution in [0.4, 0.5) is 0 Å². The summed E-state index contributed by atoms with van der Waals surface area (Å²) in [5.41, 5.74) is 0.676. The van der Waals surface area contributed by atoms with Crippen LogP contribution in [0.5, 0.6) is 5.75 Å². The highest BCUT2D eigenvalue weighted by Crippen LogP contribution is 2.14. The predicted molar refractivity (Wildman–Crippen MR) is 87.4 cm³/mol. The lowest BCUT2D eigenvalue weighted by Gasteiger charge is -2.21. The van der Waals surface area contributed by atoms with Crippen molar-refractivity contribution in [1.29, 1.82) is 0 Å². The number of ether oxygens (including phenoxy) is 1. The molecule has 0 aliphatic rings. The Bertz CT molecular complexity index is 543. The molecule has 1 atom stereocenters. The molecule has 1 unspecified atom stereocenters. The van der Waals surface area contributed by atoms with E-state index in [9.17, 15) is 4.79 Å². The quantitative estimate of drug-likeness (QED) is 0.767. The van der Waals surface area contributed by atoms with E-state index in [1.807, 2.05) is 79.7 Å². The highest BCUT2D eigenvalue weighted by atomic mass is 35.5. The van der Waals surface area contributed by atoms with Gasteiger partial charge in [-0.1, -0.05) is 48.5 Å². The highest BCUT2D eigenvalue weighted by Gasteiger charge is 2.22. The van der Waals surface area contributed by atoms with Crippen LogP contribution in [0.3, 0.4) is 0 Å². The average Bonchev–Trinajstić information content (AvgIpc) is 2.47. The zero-order valence-electron chi connectivity index (χ0n) is 12.2. The van der Waals surface area contributed by atoms with Crippen molar-refractivity contribution in [2.24, 2.45) is 0 Å². The number of nitrogens with zero attached hydrogens (tertiary/aromatic N) is 1. The van der Waals surface area contributed by atoms with Crippen LogP contribution in [0, 0.1) is 0 Å². The molecule has 0 saturated heterocycles. The Kier molecular flexibility index (Phi) is 6.92. The summed E-state index contributed by atoms with van der Waals surface area (Å²) in [7, 11) is 3.86. The van der Waals surface area contributed by atoms with Gasteiger partial charge in [-0.3, -0.25) is 4.79 Å². The summed E-state index contributed by atoms with van der Waals surface area (Å²) >= 11 is 0. The topological polar surface area (TPSA) is 29.5 Å². The van der Waals surface area contributed by atoms with Crippen molar-refractivity contribution in [1.82, 2.24) is 4.90 Å². The van der Waals surface area contributed by atoms with Crippen LogP contribution in [0.1, 0.15) is 10.4 Å². The van der Waals surface area contributed by atoms with Crippen LogP contribution in [-0.2, 0) is 0 Å². The molecule has 0 aromatic heterocycles. The Morgan fingerprint density at radius 3 is 2.05 bits per heavy atom. The van der Waals surface area contributed by atoms with E-state index in [4.69, 9.17) is 4.74 Å². The molecule has 0 bridgehead atoms. The van der Waals surface area contributed by atoms with Crippen molar-refractivity contribution in [2.75, 3.05) is 20.6 Å². The number of Topliss-reactive ketones (excluding diaryl/α,β-unsaturated/α-hetero) is 1. The van der Waals surface area contributed by atoms with Gasteiger partial charge < -0.3 is 9.64 Å². The molecule has 0 aliphatic heterocycles. The molecule has 112 valence electrons. The standard InChI is InChI=1S/C17H19NO2.ClH/c1-18(2)13-16(20-15-11-7-4-8-12-15)17(19)14-9-5-3-6-10-14;/h3-12,16H,13H2,1-2H3;1H. The minimum atomic E-state index is -0.505. The smallest absolute Gasteiger partial charge is 0.204 e. The van der Waals surface area contributed by atoms with Gasteiger partial charge in [0.25, 0.3) is 0 Å². The van der Waals surface area contributed by atoms with Gasteiger partial charge in [0.1, 0.15) is 5.75 Å². The van der Waals surface area contributed by atoms with E-state index in [0.717, 1.165) is 0 Å². The number of ketones is 1. The van der Waals surface area contributed by atoms with Gasteiger partial charge in [0.15, 0.2) is 6.10 Å². The summed E-state index contributed by atoms with van der Waals surface area (Å²) in [4.78, 5) is 14.5. The van der Waals surface area contributed by atoms with Gasteiger partial charge in [-0.25, -0.2) is 0 Å². The maximum absolute atomic E-state index is 12.5. The first-order chi connectivity index (χ1) is 9.66. The van der Waals surface area contributed by atoms with E-state index in [2.05, 4.69) is 0 Å². The molecule has 21 heavy (non-hydrogen) atoms. The first-order valence-electron chi connectivity index (χ1n) is 6.62. The lowest BCUT2D eigenvalue weighted by atomic mass is 10.1. The second-order valence-electron chi connectivity index (χ2n) is 4.91. The Morgan fingerprint density at radius 1 is 1.00 bits per heavy atom. The van der Waals surface area contributed by atoms with Crippen molar-refractivity contribution in [3.05, 3.63) is 66.2 Å². The fourth-order valence-corrected chi connectivity index (χ4v) is 1.96. The van der Waals surface area contributed by atoms with Crippen molar-refractivity contribution in [3.63, 3.8) is 0 Å². The molecule has 0 spiro atoms. The zero-order valence-corrected chi connectivity index (χ0v) is 13.0. The lowest BCUT2D eigenvalue weighted by molar-refractivity contribution is 0.0744. The van der Waals surface area contributed by atoms with Gasteiger partial charge in [0.05, 0.1) is 0 Å². The summed E-state index contributed by atoms with van der Waals surface area (Å²) in [6, 6.07) is 18.7. The summed E-state index contributed by atoms with van der Waals surface area (Å²) < 4.78 is 5.85. The largest absolute Gasteiger partial charge is 0.481 e. The Morgan fingerprint density at radius 2 is 1.52 bits per heavy atom. The van der Waals surface area contributed by atoms with E-state index in [0.29, 0.717) is 17.9 Å². The van der Waals surface area contributed by atoms with Crippen LogP contribution in [-0.4, -0.2) is 37.4 Å². The van der Waals surface area contributed by atoms with Crippen LogP contribution in [0.25, 0.3) is 0 Å². The molecule has 0 heterocycles. The van der Waals surface area contributed by atoms with Gasteiger partial charge in [0.2, 0.25) is 5.78 Å². The van der Waals surface area contributed by atoms with Gasteiger partial charge in [-0.05, 0) is 26.2 Å². The predicted octanol–water partition coefficient (Wildman–Crippen LogP) is 3.30. The molecule has 0 aliphatic carbocycles. The summed E-state index contributed by atoms with van der Waals surface area (Å²) in [5, 5.41) is 0. The van der Waals surface area contributed by atoms with E-state index in [1.54, 1.807) is 0 Å². The summed E-state index contributed by atoms with van der Waals surface area (Å²) in [5.74, 6) is 0.715. The van der Waals surface area contributed by atoms with Gasteiger partial charge in [-0.2, -0.15) is 0 Å². The third-order valence-corrected chi connectivity index (χ3v) is 2.90. The maximum Gasteiger partial charge on any atom is 0.204 e. The first-order valence-corrected chi connectivity index (χ1v) is 6.62. The monoisotopic (exact) mass is 305 g/mol. The number of para-hydroxylation sites is 1. The van der Waals surface area contributed by atoms with Crippen LogP contribution < -0.4 is 4.74 Å². The van der Waals surface area contributed by atoms with Gasteiger partial charge in [-0.15, -0.1) is 12.4 Å². The van der Waals surface area contributed by atoms with E-state index in [-0.39, 0.29) is 18.2 Å². The number of rotatable bonds is 6. The molecule has 0 fully saturated rings. The van der Waals surface area contributed by atoms with Crippen LogP contribution in [0.2, 0.25) is 0 Å². The van der Waals surface area contributed by atoms with Gasteiger partial charge >= 0.3 is 0 Å². The molecule has 2 aromatic rings. The zero-order chi connectivity index (χ0) is 14.4. The average molecular weight is 306 g/mol. The molecule has 0 amide bonds. The van der Waals surface area contributed by atoms with Crippen LogP contribution >= 0.6 is 12.4 Å². The SMILES string of the molecule is CN(C)CC(Oc1ccccc1)C(=O)c1ccccc1.Cl. The Hall–Kier alpha value is -1.84. The van der Waals surface area contributed by atoms with E-state index < -0.39 is 6.10 Å². The van der Waals surface area contributed by atoms with Crippen molar-refractivity contribution < 1.29 is 9.53 Å². The van der Waals surface area contributed by atoms with E-state index in [1.165, 1.54) is 0 Å². The highest BCUT2D eigenvalue weighted by molar-refractivity contribution is 5.99. The molecule has 0 radical (unpaired) electrons. The van der Waals surface area contributed by atoms with E-state index >= 15 is 0 Å². The number of hydrogen-bond acceptors (Lipinski definition) is 3. The maximum atomic E-state index is 12.5. The lowest BCUT2D eigenvalue weighted by Crippen LogP contribution is -2.37. The number of carbonyl (C=O) groups excluding carboxylic acids is 1. The second kappa shape index (κ2) is 8.45. The van der Waals surface area contributed by atoms with Crippen molar-refractivity contribution >= 4 is 18.2 Å². The number of benzene rings is 2. The second-order valence-corrected chi connectivity index (χ2v) is 4.91. The third-order valence-electron chi connectivity index (χ3n) is 2.90. The minimum Gasteiger partial charge on any atom is -0.481 e. The fraction of sp³-hybridized carbons (Fsp3) is 0.235. The minimum absolute atomic E-state index is 0. The van der Waals surface area contributed by atoms with Gasteiger partial charge in [0, 0.05) is 12.1 Å². The summed E-state index contributed by atoms with van der Waals surface area (Å²) in [6.07, 6.45) is -0.505. The normalized spacial score (nSPS) is 11.6. The molecule has 0 N–H and O–H groups in total. The Labute approximate surface area is 132 Å². The van der Waals surface area contributed by atoms with Crippen LogP contribution in [0.15, 0.2) is 60.7 Å². The fourth-order valence-electron chi connectivity index (χ4n) is 1.96. The first kappa shape index (κ1) is 17.2. The molecule has 4 heteroatoms. The number of hydrogen-bond donors (Lipinski definition) is 0. The molecular weight excluding hydrogens is 286 g/mol. The molecule has 2 aromatic carbocycles. The molecule has 2 rings (SSSR count). The third kappa shape index (κ3) is 5.21. The summed E-state index contributed by atoms with van der Waals surface area (Å²) in [6.45, 7) is 0.544. The number of carbonyl (C=O) groups is 1.